The van der Waals surface area contributed by atoms with Gasteiger partial charge in [0.25, 0.3) is 5.91 Å². The first kappa shape index (κ1) is 16.6. The highest BCUT2D eigenvalue weighted by atomic mass is 32.2. The quantitative estimate of drug-likeness (QED) is 0.741. The van der Waals surface area contributed by atoms with Crippen molar-refractivity contribution < 1.29 is 17.6 Å². The van der Waals surface area contributed by atoms with Gasteiger partial charge in [-0.2, -0.15) is 5.10 Å². The molecule has 0 radical (unpaired) electrons. The molecule has 134 valence electrons. The molecule has 1 saturated heterocycles. The highest BCUT2D eigenvalue weighted by molar-refractivity contribution is 7.91. The molecule has 1 aliphatic heterocycles. The molecular weight excluding hydrogens is 354 g/mol. The van der Waals surface area contributed by atoms with Crippen molar-refractivity contribution in [3.63, 3.8) is 0 Å². The number of amides is 1. The molecule has 3 heterocycles. The van der Waals surface area contributed by atoms with Crippen molar-refractivity contribution in [2.24, 2.45) is 0 Å². The van der Waals surface area contributed by atoms with Gasteiger partial charge in [-0.3, -0.25) is 9.89 Å². The summed E-state index contributed by atoms with van der Waals surface area (Å²) in [7, 11) is -3.35. The highest BCUT2D eigenvalue weighted by Gasteiger charge is 2.40. The summed E-state index contributed by atoms with van der Waals surface area (Å²) in [5.41, 5.74) is 1.94. The standard InChI is InChI=1S/C18H17N3O4S/c22-18(17-9-16(19-20-17)13-5-2-1-3-6-13)21-10-15(11-21)26(23,24)12-14-7-4-8-25-14/h1-9,15H,10-12H2,(H,19,20). The monoisotopic (exact) mass is 371 g/mol. The molecule has 0 spiro atoms. The van der Waals surface area contributed by atoms with E-state index in [1.807, 2.05) is 30.3 Å². The Morgan fingerprint density at radius 1 is 1.19 bits per heavy atom. The Kier molecular flexibility index (Phi) is 4.12. The van der Waals surface area contributed by atoms with Crippen LogP contribution in [0.2, 0.25) is 0 Å². The van der Waals surface area contributed by atoms with Crippen molar-refractivity contribution >= 4 is 15.7 Å². The molecule has 1 aliphatic rings. The molecule has 1 N–H and O–H groups in total. The van der Waals surface area contributed by atoms with Crippen LogP contribution in [-0.2, 0) is 15.6 Å². The number of sulfone groups is 1. The molecule has 3 aromatic rings. The maximum Gasteiger partial charge on any atom is 0.271 e. The summed E-state index contributed by atoms with van der Waals surface area (Å²) in [6, 6.07) is 14.5. The summed E-state index contributed by atoms with van der Waals surface area (Å²) >= 11 is 0. The lowest BCUT2D eigenvalue weighted by Gasteiger charge is -2.38. The zero-order valence-electron chi connectivity index (χ0n) is 13.8. The van der Waals surface area contributed by atoms with Crippen molar-refractivity contribution in [2.45, 2.75) is 11.0 Å². The first-order chi connectivity index (χ1) is 12.5. The predicted molar refractivity (Wildman–Crippen MR) is 95.0 cm³/mol. The Morgan fingerprint density at radius 3 is 2.65 bits per heavy atom. The van der Waals surface area contributed by atoms with Gasteiger partial charge in [0.05, 0.1) is 17.2 Å². The van der Waals surface area contributed by atoms with Gasteiger partial charge in [-0.25, -0.2) is 8.42 Å². The van der Waals surface area contributed by atoms with Gasteiger partial charge in [0.15, 0.2) is 9.84 Å². The van der Waals surface area contributed by atoms with E-state index in [0.717, 1.165) is 5.56 Å². The number of rotatable bonds is 5. The van der Waals surface area contributed by atoms with Crippen LogP contribution < -0.4 is 0 Å². The molecule has 1 fully saturated rings. The topological polar surface area (TPSA) is 96.3 Å². The number of carbonyl (C=O) groups excluding carboxylic acids is 1. The maximum absolute atomic E-state index is 12.5. The number of hydrogen-bond acceptors (Lipinski definition) is 5. The molecule has 1 amide bonds. The van der Waals surface area contributed by atoms with Crippen LogP contribution in [0.25, 0.3) is 11.3 Å². The summed E-state index contributed by atoms with van der Waals surface area (Å²) in [5.74, 6) is 0.0227. The number of H-pyrrole nitrogens is 1. The molecule has 26 heavy (non-hydrogen) atoms. The maximum atomic E-state index is 12.5. The summed E-state index contributed by atoms with van der Waals surface area (Å²) in [5, 5.41) is 6.34. The fraction of sp³-hybridized carbons (Fsp3) is 0.222. The number of nitrogens with one attached hydrogen (secondary N) is 1. The molecular formula is C18H17N3O4S. The Bertz CT molecular complexity index is 1000. The minimum absolute atomic E-state index is 0.144. The third kappa shape index (κ3) is 3.15. The van der Waals surface area contributed by atoms with Crippen molar-refractivity contribution in [1.82, 2.24) is 15.1 Å². The third-order valence-electron chi connectivity index (χ3n) is 4.44. The lowest BCUT2D eigenvalue weighted by molar-refractivity contribution is 0.0652. The Balaban J connectivity index is 1.40. The summed E-state index contributed by atoms with van der Waals surface area (Å²) in [6.07, 6.45) is 1.45. The molecule has 7 nitrogen and oxygen atoms in total. The number of benzene rings is 1. The Hall–Kier alpha value is -2.87. The second-order valence-corrected chi connectivity index (χ2v) is 8.53. The molecule has 1 aromatic carbocycles. The molecule has 0 atom stereocenters. The fourth-order valence-electron chi connectivity index (χ4n) is 2.90. The summed E-state index contributed by atoms with van der Waals surface area (Å²) < 4.78 is 29.8. The zero-order chi connectivity index (χ0) is 18.1. The van der Waals surface area contributed by atoms with Crippen molar-refractivity contribution in [2.75, 3.05) is 13.1 Å². The predicted octanol–water partition coefficient (Wildman–Crippen LogP) is 2.11. The van der Waals surface area contributed by atoms with E-state index in [2.05, 4.69) is 10.2 Å². The smallest absolute Gasteiger partial charge is 0.271 e. The van der Waals surface area contributed by atoms with Crippen LogP contribution in [0.4, 0.5) is 0 Å². The molecule has 0 unspecified atom stereocenters. The van der Waals surface area contributed by atoms with Crippen molar-refractivity contribution in [3.8, 4) is 11.3 Å². The van der Waals surface area contributed by atoms with E-state index in [0.29, 0.717) is 17.1 Å². The first-order valence-corrected chi connectivity index (χ1v) is 9.88. The molecule has 4 rings (SSSR count). The third-order valence-corrected chi connectivity index (χ3v) is 6.45. The van der Waals surface area contributed by atoms with Gasteiger partial charge in [-0.15, -0.1) is 0 Å². The van der Waals surface area contributed by atoms with Crippen LogP contribution in [0, 0.1) is 0 Å². The van der Waals surface area contributed by atoms with Gasteiger partial charge in [0.1, 0.15) is 17.2 Å². The van der Waals surface area contributed by atoms with Gasteiger partial charge < -0.3 is 9.32 Å². The molecule has 0 aliphatic carbocycles. The van der Waals surface area contributed by atoms with E-state index >= 15 is 0 Å². The van der Waals surface area contributed by atoms with Gasteiger partial charge in [-0.05, 0) is 18.2 Å². The van der Waals surface area contributed by atoms with Crippen LogP contribution >= 0.6 is 0 Å². The average molecular weight is 371 g/mol. The van der Waals surface area contributed by atoms with Gasteiger partial charge >= 0.3 is 0 Å². The Labute approximate surface area is 150 Å². The number of carbonyl (C=O) groups is 1. The van der Waals surface area contributed by atoms with Crippen LogP contribution in [-0.4, -0.2) is 47.8 Å². The lowest BCUT2D eigenvalue weighted by Crippen LogP contribution is -2.57. The second-order valence-electron chi connectivity index (χ2n) is 6.25. The Morgan fingerprint density at radius 2 is 1.96 bits per heavy atom. The summed E-state index contributed by atoms with van der Waals surface area (Å²) in [4.78, 5) is 14.0. The van der Waals surface area contributed by atoms with E-state index in [-0.39, 0.29) is 24.7 Å². The van der Waals surface area contributed by atoms with Gasteiger partial charge in [-0.1, -0.05) is 30.3 Å². The minimum atomic E-state index is -3.35. The van der Waals surface area contributed by atoms with E-state index in [4.69, 9.17) is 4.42 Å². The van der Waals surface area contributed by atoms with Gasteiger partial charge in [0.2, 0.25) is 0 Å². The summed E-state index contributed by atoms with van der Waals surface area (Å²) in [6.45, 7) is 0.364. The molecule has 0 saturated carbocycles. The minimum Gasteiger partial charge on any atom is -0.468 e. The number of nitrogens with zero attached hydrogens (tertiary/aromatic N) is 2. The lowest BCUT2D eigenvalue weighted by atomic mass is 10.1. The van der Waals surface area contributed by atoms with E-state index < -0.39 is 15.1 Å². The van der Waals surface area contributed by atoms with E-state index in [9.17, 15) is 13.2 Å². The van der Waals surface area contributed by atoms with E-state index in [1.54, 1.807) is 18.2 Å². The van der Waals surface area contributed by atoms with Gasteiger partial charge in [0, 0.05) is 18.7 Å². The van der Waals surface area contributed by atoms with Crippen LogP contribution in [0.5, 0.6) is 0 Å². The SMILES string of the molecule is O=C(c1cc(-c2ccccc2)n[nH]1)N1CC(S(=O)(=O)Cc2ccco2)C1. The second kappa shape index (κ2) is 6.45. The van der Waals surface area contributed by atoms with Crippen LogP contribution in [0.1, 0.15) is 16.2 Å². The fourth-order valence-corrected chi connectivity index (χ4v) is 4.51. The highest BCUT2D eigenvalue weighted by Crippen LogP contribution is 2.23. The number of likely N-dealkylation sites (tertiary alicyclic amines) is 1. The zero-order valence-corrected chi connectivity index (χ0v) is 14.6. The number of aromatic amines is 1. The number of aromatic nitrogens is 2. The van der Waals surface area contributed by atoms with Crippen molar-refractivity contribution in [1.29, 1.82) is 0 Å². The van der Waals surface area contributed by atoms with Crippen LogP contribution in [0.15, 0.2) is 59.2 Å². The normalized spacial score (nSPS) is 15.0. The first-order valence-electron chi connectivity index (χ1n) is 8.17. The van der Waals surface area contributed by atoms with Crippen LogP contribution in [0.3, 0.4) is 0 Å². The molecule has 2 aromatic heterocycles. The average Bonchev–Trinajstić information content (AvgIpc) is 3.25. The molecule has 0 bridgehead atoms. The molecule has 8 heteroatoms. The van der Waals surface area contributed by atoms with E-state index in [1.165, 1.54) is 11.2 Å². The number of hydrogen-bond donors (Lipinski definition) is 1. The largest absolute Gasteiger partial charge is 0.468 e. The number of furan rings is 1. The van der Waals surface area contributed by atoms with Crippen molar-refractivity contribution in [3.05, 3.63) is 66.2 Å².